The third-order valence-electron chi connectivity index (χ3n) is 8.09. The molecule has 1 aliphatic rings. The van der Waals surface area contributed by atoms with Crippen LogP contribution in [-0.4, -0.2) is 7.11 Å². The van der Waals surface area contributed by atoms with Crippen molar-refractivity contribution in [2.75, 3.05) is 12.0 Å². The Morgan fingerprint density at radius 3 is 2.31 bits per heavy atom. The predicted molar refractivity (Wildman–Crippen MR) is 162 cm³/mol. The summed E-state index contributed by atoms with van der Waals surface area (Å²) in [5.41, 5.74) is 10.0. The second kappa shape index (κ2) is 8.93. The Morgan fingerprint density at radius 2 is 1.51 bits per heavy atom. The van der Waals surface area contributed by atoms with E-state index in [1.54, 1.807) is 7.11 Å². The van der Waals surface area contributed by atoms with Crippen LogP contribution >= 0.6 is 11.6 Å². The molecule has 39 heavy (non-hydrogen) atoms. The van der Waals surface area contributed by atoms with E-state index in [9.17, 15) is 0 Å². The van der Waals surface area contributed by atoms with Crippen LogP contribution in [0.3, 0.4) is 0 Å². The normalized spacial score (nSPS) is 13.4. The highest BCUT2D eigenvalue weighted by molar-refractivity contribution is 6.33. The van der Waals surface area contributed by atoms with Gasteiger partial charge in [0.05, 0.1) is 17.8 Å². The van der Waals surface area contributed by atoms with Gasteiger partial charge >= 0.3 is 0 Å². The smallest absolute Gasteiger partial charge is 0.135 e. The van der Waals surface area contributed by atoms with Crippen LogP contribution in [-0.2, 0) is 12.0 Å². The fourth-order valence-corrected chi connectivity index (χ4v) is 6.50. The van der Waals surface area contributed by atoms with Gasteiger partial charge in [0, 0.05) is 34.0 Å². The molecular weight excluding hydrogens is 502 g/mol. The topological polar surface area (TPSA) is 25.6 Å². The number of hydrogen-bond donors (Lipinski definition) is 0. The number of hydrogen-bond acceptors (Lipinski definition) is 3. The Kier molecular flexibility index (Phi) is 5.47. The molecule has 1 aromatic heterocycles. The molecule has 4 heteroatoms. The van der Waals surface area contributed by atoms with Crippen LogP contribution in [0.2, 0.25) is 5.02 Å². The molecule has 0 bridgehead atoms. The second-order valence-electron chi connectivity index (χ2n) is 10.7. The second-order valence-corrected chi connectivity index (χ2v) is 11.1. The van der Waals surface area contributed by atoms with Crippen LogP contribution in [0.15, 0.2) is 108 Å². The van der Waals surface area contributed by atoms with Crippen molar-refractivity contribution in [1.29, 1.82) is 0 Å². The summed E-state index contributed by atoms with van der Waals surface area (Å²) in [7, 11) is 1.69. The summed E-state index contributed by atoms with van der Waals surface area (Å²) in [4.78, 5) is 2.34. The first kappa shape index (κ1) is 23.9. The van der Waals surface area contributed by atoms with Crippen LogP contribution < -0.4 is 9.64 Å². The number of benzene rings is 5. The summed E-state index contributed by atoms with van der Waals surface area (Å²) in [6, 6.07) is 35.7. The minimum Gasteiger partial charge on any atom is -0.497 e. The average molecular weight is 530 g/mol. The van der Waals surface area contributed by atoms with Gasteiger partial charge in [-0.3, -0.25) is 0 Å². The third-order valence-corrected chi connectivity index (χ3v) is 8.41. The molecule has 6 aromatic rings. The summed E-state index contributed by atoms with van der Waals surface area (Å²) in [6.07, 6.45) is 0. The lowest BCUT2D eigenvalue weighted by molar-refractivity contribution is 0.414. The molecule has 0 N–H and O–H groups in total. The van der Waals surface area contributed by atoms with Gasteiger partial charge in [-0.2, -0.15) is 0 Å². The zero-order chi connectivity index (χ0) is 26.7. The number of nitrogens with zero attached hydrogens (tertiary/aromatic N) is 1. The Balaban J connectivity index is 1.48. The van der Waals surface area contributed by atoms with E-state index in [1.807, 2.05) is 36.4 Å². The molecule has 1 aliphatic carbocycles. The van der Waals surface area contributed by atoms with E-state index in [1.165, 1.54) is 33.2 Å². The van der Waals surface area contributed by atoms with E-state index in [-0.39, 0.29) is 5.41 Å². The van der Waals surface area contributed by atoms with Crippen LogP contribution in [0.1, 0.15) is 30.5 Å². The summed E-state index contributed by atoms with van der Waals surface area (Å²) in [5.74, 6) is 0.843. The monoisotopic (exact) mass is 529 g/mol. The Morgan fingerprint density at radius 1 is 0.769 bits per heavy atom. The predicted octanol–water partition coefficient (Wildman–Crippen LogP) is 9.89. The Labute approximate surface area is 233 Å². The molecule has 0 saturated heterocycles. The van der Waals surface area contributed by atoms with Gasteiger partial charge in [0.2, 0.25) is 0 Å². The van der Waals surface area contributed by atoms with E-state index in [2.05, 4.69) is 85.5 Å². The van der Waals surface area contributed by atoms with E-state index in [0.717, 1.165) is 38.7 Å². The number of halogens is 1. The fourth-order valence-electron chi connectivity index (χ4n) is 6.26. The van der Waals surface area contributed by atoms with Gasteiger partial charge in [0.15, 0.2) is 0 Å². The molecular formula is C35H28ClNO2. The number of furan rings is 1. The largest absolute Gasteiger partial charge is 0.497 e. The summed E-state index contributed by atoms with van der Waals surface area (Å²) < 4.78 is 11.7. The molecule has 192 valence electrons. The fraction of sp³-hybridized carbons (Fsp3) is 0.143. The highest BCUT2D eigenvalue weighted by Gasteiger charge is 2.40. The lowest BCUT2D eigenvalue weighted by Crippen LogP contribution is -2.19. The van der Waals surface area contributed by atoms with Crippen molar-refractivity contribution in [1.82, 2.24) is 0 Å². The number of ether oxygens (including phenoxy) is 1. The van der Waals surface area contributed by atoms with E-state index >= 15 is 0 Å². The van der Waals surface area contributed by atoms with Crippen LogP contribution in [0.4, 0.5) is 11.4 Å². The summed E-state index contributed by atoms with van der Waals surface area (Å²) >= 11 is 6.84. The molecule has 0 saturated carbocycles. The van der Waals surface area contributed by atoms with Crippen LogP contribution in [0.5, 0.6) is 5.75 Å². The Bertz CT molecular complexity index is 1870. The number of para-hydroxylation sites is 2. The van der Waals surface area contributed by atoms with Crippen molar-refractivity contribution >= 4 is 44.9 Å². The molecule has 0 fully saturated rings. The standard InChI is InChI=1S/C35H28ClNO2/c1-35(2)26-10-8-13-29(32(26)25-19-20-31-33(34(25)35)24-9-4-7-14-30(24)39-31)37(28-12-6-5-11-27(28)36)21-22-15-17-23(38-3)18-16-22/h4-20H,21H2,1-3H3. The number of fused-ring (bicyclic) bond motifs is 7. The maximum Gasteiger partial charge on any atom is 0.135 e. The molecule has 0 amide bonds. The van der Waals surface area contributed by atoms with E-state index < -0.39 is 0 Å². The van der Waals surface area contributed by atoms with Crippen molar-refractivity contribution in [2.24, 2.45) is 0 Å². The lowest BCUT2D eigenvalue weighted by Gasteiger charge is -2.29. The molecule has 0 spiro atoms. The SMILES string of the molecule is COc1ccc(CN(c2ccccc2Cl)c2cccc3c2-c2ccc4oc5ccccc5c4c2C3(C)C)cc1. The molecule has 0 atom stereocenters. The summed E-state index contributed by atoms with van der Waals surface area (Å²) in [5, 5.41) is 3.08. The van der Waals surface area contributed by atoms with Crippen molar-refractivity contribution in [2.45, 2.75) is 25.8 Å². The molecule has 0 unspecified atom stereocenters. The van der Waals surface area contributed by atoms with E-state index in [0.29, 0.717) is 6.54 Å². The maximum atomic E-state index is 6.84. The quantitative estimate of drug-likeness (QED) is 0.222. The highest BCUT2D eigenvalue weighted by Crippen LogP contribution is 2.56. The van der Waals surface area contributed by atoms with Gasteiger partial charge in [-0.25, -0.2) is 0 Å². The van der Waals surface area contributed by atoms with Gasteiger partial charge in [0.1, 0.15) is 16.9 Å². The first-order valence-corrected chi connectivity index (χ1v) is 13.6. The zero-order valence-corrected chi connectivity index (χ0v) is 22.9. The first-order valence-electron chi connectivity index (χ1n) is 13.2. The highest BCUT2D eigenvalue weighted by atomic mass is 35.5. The van der Waals surface area contributed by atoms with Crippen molar-refractivity contribution < 1.29 is 9.15 Å². The number of rotatable bonds is 5. The molecule has 1 heterocycles. The van der Waals surface area contributed by atoms with Gasteiger partial charge < -0.3 is 14.1 Å². The average Bonchev–Trinajstić information content (AvgIpc) is 3.45. The van der Waals surface area contributed by atoms with Crippen LogP contribution in [0.25, 0.3) is 33.1 Å². The molecule has 7 rings (SSSR count). The van der Waals surface area contributed by atoms with Crippen molar-refractivity contribution in [3.05, 3.63) is 125 Å². The van der Waals surface area contributed by atoms with Gasteiger partial charge in [0.25, 0.3) is 0 Å². The third kappa shape index (κ3) is 3.65. The molecule has 3 nitrogen and oxygen atoms in total. The molecule has 0 radical (unpaired) electrons. The first-order chi connectivity index (χ1) is 19.0. The Hall–Kier alpha value is -4.21. The van der Waals surface area contributed by atoms with Gasteiger partial charge in [-0.15, -0.1) is 0 Å². The summed E-state index contributed by atoms with van der Waals surface area (Å²) in [6.45, 7) is 5.31. The van der Waals surface area contributed by atoms with Crippen LogP contribution in [0, 0.1) is 0 Å². The lowest BCUT2D eigenvalue weighted by atomic mass is 9.80. The maximum absolute atomic E-state index is 6.84. The minimum atomic E-state index is -0.209. The van der Waals surface area contributed by atoms with Crippen molar-refractivity contribution in [3.63, 3.8) is 0 Å². The van der Waals surface area contributed by atoms with Crippen molar-refractivity contribution in [3.8, 4) is 16.9 Å². The number of methoxy groups -OCH3 is 1. The van der Waals surface area contributed by atoms with E-state index in [4.69, 9.17) is 20.8 Å². The van der Waals surface area contributed by atoms with Gasteiger partial charge in [-0.1, -0.05) is 86.1 Å². The zero-order valence-electron chi connectivity index (χ0n) is 22.2. The number of anilines is 2. The molecule has 5 aromatic carbocycles. The minimum absolute atomic E-state index is 0.209. The van der Waals surface area contributed by atoms with Gasteiger partial charge in [-0.05, 0) is 64.7 Å². The molecule has 0 aliphatic heterocycles.